The molecule has 2 N–H and O–H groups in total. The van der Waals surface area contributed by atoms with Crippen LogP contribution in [0.15, 0.2) is 0 Å². The van der Waals surface area contributed by atoms with Crippen molar-refractivity contribution < 1.29 is 4.79 Å². The first-order valence-corrected chi connectivity index (χ1v) is 6.36. The number of hydrogen-bond donors (Lipinski definition) is 2. The zero-order valence-electron chi connectivity index (χ0n) is 9.49. The summed E-state index contributed by atoms with van der Waals surface area (Å²) in [7, 11) is 0. The molecule has 1 unspecified atom stereocenters. The number of rotatable bonds is 3. The van der Waals surface area contributed by atoms with Crippen LogP contribution in [0.2, 0.25) is 0 Å². The van der Waals surface area contributed by atoms with E-state index >= 15 is 0 Å². The number of amides is 1. The Morgan fingerprint density at radius 2 is 2.38 bits per heavy atom. The molecule has 1 aliphatic heterocycles. The van der Waals surface area contributed by atoms with Gasteiger partial charge in [0.05, 0.1) is 6.04 Å². The van der Waals surface area contributed by atoms with Crippen LogP contribution in [0.5, 0.6) is 0 Å². The Hall–Kier alpha value is -1.01. The summed E-state index contributed by atoms with van der Waals surface area (Å²) in [6, 6.07) is 0.321. The second kappa shape index (κ2) is 4.88. The van der Waals surface area contributed by atoms with Crippen LogP contribution in [0.3, 0.4) is 0 Å². The van der Waals surface area contributed by atoms with Gasteiger partial charge in [0, 0.05) is 5.92 Å². The third-order valence-corrected chi connectivity index (χ3v) is 3.51. The minimum Gasteiger partial charge on any atom is -0.308 e. The molecule has 1 saturated heterocycles. The maximum absolute atomic E-state index is 11.5. The number of hydrogen-bond acceptors (Lipinski definition) is 5. The van der Waals surface area contributed by atoms with Crippen molar-refractivity contribution in [2.45, 2.75) is 32.7 Å². The van der Waals surface area contributed by atoms with Crippen LogP contribution in [0.4, 0.5) is 5.13 Å². The van der Waals surface area contributed by atoms with Crippen molar-refractivity contribution >= 4 is 22.4 Å². The van der Waals surface area contributed by atoms with Crippen LogP contribution in [-0.2, 0) is 4.79 Å². The second-order valence-electron chi connectivity index (χ2n) is 4.24. The van der Waals surface area contributed by atoms with Crippen LogP contribution < -0.4 is 10.6 Å². The molecule has 0 saturated carbocycles. The molecule has 0 spiro atoms. The van der Waals surface area contributed by atoms with Gasteiger partial charge in [-0.05, 0) is 19.4 Å². The molecule has 6 heteroatoms. The molecule has 2 rings (SSSR count). The Labute approximate surface area is 98.7 Å². The van der Waals surface area contributed by atoms with E-state index < -0.39 is 0 Å². The average molecular weight is 240 g/mol. The first-order valence-electron chi connectivity index (χ1n) is 5.54. The van der Waals surface area contributed by atoms with E-state index in [1.807, 2.05) is 13.8 Å². The molecule has 1 aromatic heterocycles. The highest BCUT2D eigenvalue weighted by Gasteiger charge is 2.21. The molecule has 16 heavy (non-hydrogen) atoms. The van der Waals surface area contributed by atoms with Gasteiger partial charge in [0.15, 0.2) is 0 Å². The maximum atomic E-state index is 11.5. The number of carbonyl (C=O) groups is 1. The quantitative estimate of drug-likeness (QED) is 0.841. The first kappa shape index (κ1) is 11.5. The Kier molecular flexibility index (Phi) is 3.50. The van der Waals surface area contributed by atoms with Crippen molar-refractivity contribution in [1.82, 2.24) is 15.5 Å². The maximum Gasteiger partial charge on any atom is 0.228 e. The van der Waals surface area contributed by atoms with Crippen LogP contribution in [0, 0.1) is 5.92 Å². The lowest BCUT2D eigenvalue weighted by Gasteiger charge is -2.04. The monoisotopic (exact) mass is 240 g/mol. The van der Waals surface area contributed by atoms with E-state index in [9.17, 15) is 4.79 Å². The van der Waals surface area contributed by atoms with E-state index in [4.69, 9.17) is 0 Å². The van der Waals surface area contributed by atoms with E-state index in [0.29, 0.717) is 11.2 Å². The smallest absolute Gasteiger partial charge is 0.228 e. The van der Waals surface area contributed by atoms with Gasteiger partial charge in [0.2, 0.25) is 11.0 Å². The molecule has 1 aromatic rings. The van der Waals surface area contributed by atoms with E-state index in [0.717, 1.165) is 18.0 Å². The summed E-state index contributed by atoms with van der Waals surface area (Å²) in [5.41, 5.74) is 0. The van der Waals surface area contributed by atoms with Gasteiger partial charge in [-0.2, -0.15) is 0 Å². The summed E-state index contributed by atoms with van der Waals surface area (Å²) in [6.07, 6.45) is 2.28. The Balaban J connectivity index is 1.99. The fourth-order valence-corrected chi connectivity index (χ4v) is 2.43. The second-order valence-corrected chi connectivity index (χ2v) is 5.25. The normalized spacial score (nSPS) is 20.3. The Morgan fingerprint density at radius 3 is 3.00 bits per heavy atom. The van der Waals surface area contributed by atoms with Gasteiger partial charge in [-0.3, -0.25) is 4.79 Å². The van der Waals surface area contributed by atoms with Gasteiger partial charge in [-0.25, -0.2) is 0 Å². The van der Waals surface area contributed by atoms with E-state index in [2.05, 4.69) is 20.8 Å². The summed E-state index contributed by atoms with van der Waals surface area (Å²) in [5, 5.41) is 15.8. The molecule has 88 valence electrons. The highest BCUT2D eigenvalue weighted by molar-refractivity contribution is 7.15. The first-order chi connectivity index (χ1) is 7.66. The van der Waals surface area contributed by atoms with Gasteiger partial charge < -0.3 is 10.6 Å². The molecule has 5 nitrogen and oxygen atoms in total. The summed E-state index contributed by atoms with van der Waals surface area (Å²) < 4.78 is 0. The zero-order chi connectivity index (χ0) is 11.5. The number of anilines is 1. The van der Waals surface area contributed by atoms with Crippen LogP contribution in [-0.4, -0.2) is 22.6 Å². The molecule has 2 heterocycles. The minimum absolute atomic E-state index is 0.0120. The SMILES string of the molecule is CC(C)C(=O)Nc1nnc(C2CCCN2)s1. The molecule has 1 atom stereocenters. The van der Waals surface area contributed by atoms with E-state index in [-0.39, 0.29) is 11.8 Å². The number of aromatic nitrogens is 2. The molecular weight excluding hydrogens is 224 g/mol. The summed E-state index contributed by atoms with van der Waals surface area (Å²) in [6.45, 7) is 4.75. The van der Waals surface area contributed by atoms with Crippen LogP contribution >= 0.6 is 11.3 Å². The zero-order valence-corrected chi connectivity index (χ0v) is 10.3. The van der Waals surface area contributed by atoms with Gasteiger partial charge in [-0.15, -0.1) is 10.2 Å². The lowest BCUT2D eigenvalue weighted by atomic mass is 10.2. The van der Waals surface area contributed by atoms with Crippen molar-refractivity contribution in [3.63, 3.8) is 0 Å². The Bertz CT molecular complexity index is 371. The number of carbonyl (C=O) groups excluding carboxylic acids is 1. The standard InChI is InChI=1S/C10H16N4OS/c1-6(2)8(15)12-10-14-13-9(16-10)7-4-3-5-11-7/h6-7,11H,3-5H2,1-2H3,(H,12,14,15). The largest absolute Gasteiger partial charge is 0.308 e. The topological polar surface area (TPSA) is 66.9 Å². The van der Waals surface area contributed by atoms with E-state index in [1.165, 1.54) is 17.8 Å². The average Bonchev–Trinajstić information content (AvgIpc) is 2.85. The number of nitrogens with one attached hydrogen (secondary N) is 2. The summed E-state index contributed by atoms with van der Waals surface area (Å²) in [5.74, 6) is -0.0426. The Morgan fingerprint density at radius 1 is 1.56 bits per heavy atom. The molecule has 1 fully saturated rings. The molecule has 0 aromatic carbocycles. The lowest BCUT2D eigenvalue weighted by molar-refractivity contribution is -0.118. The van der Waals surface area contributed by atoms with Crippen LogP contribution in [0.25, 0.3) is 0 Å². The summed E-state index contributed by atoms with van der Waals surface area (Å²) >= 11 is 1.46. The van der Waals surface area contributed by atoms with Gasteiger partial charge in [0.25, 0.3) is 0 Å². The predicted molar refractivity (Wildman–Crippen MR) is 63.4 cm³/mol. The molecular formula is C10H16N4OS. The van der Waals surface area contributed by atoms with Gasteiger partial charge in [-0.1, -0.05) is 25.2 Å². The van der Waals surface area contributed by atoms with Crippen molar-refractivity contribution in [1.29, 1.82) is 0 Å². The summed E-state index contributed by atoms with van der Waals surface area (Å²) in [4.78, 5) is 11.5. The minimum atomic E-state index is -0.0306. The fraction of sp³-hybridized carbons (Fsp3) is 0.700. The highest BCUT2D eigenvalue weighted by atomic mass is 32.1. The molecule has 1 amide bonds. The van der Waals surface area contributed by atoms with Gasteiger partial charge >= 0.3 is 0 Å². The van der Waals surface area contributed by atoms with Gasteiger partial charge in [0.1, 0.15) is 5.01 Å². The fourth-order valence-electron chi connectivity index (χ4n) is 1.57. The third-order valence-electron chi connectivity index (χ3n) is 2.55. The molecule has 0 radical (unpaired) electrons. The predicted octanol–water partition coefficient (Wildman–Crippen LogP) is 1.56. The van der Waals surface area contributed by atoms with E-state index in [1.54, 1.807) is 0 Å². The molecule has 0 aliphatic carbocycles. The van der Waals surface area contributed by atoms with Crippen molar-refractivity contribution in [3.05, 3.63) is 5.01 Å². The third kappa shape index (κ3) is 2.56. The highest BCUT2D eigenvalue weighted by Crippen LogP contribution is 2.27. The number of nitrogens with zero attached hydrogens (tertiary/aromatic N) is 2. The molecule has 1 aliphatic rings. The lowest BCUT2D eigenvalue weighted by Crippen LogP contribution is -2.17. The van der Waals surface area contributed by atoms with Crippen molar-refractivity contribution in [2.75, 3.05) is 11.9 Å². The van der Waals surface area contributed by atoms with Crippen molar-refractivity contribution in [2.24, 2.45) is 5.92 Å². The van der Waals surface area contributed by atoms with Crippen LogP contribution in [0.1, 0.15) is 37.7 Å². The molecule has 0 bridgehead atoms. The van der Waals surface area contributed by atoms with Crippen molar-refractivity contribution in [3.8, 4) is 0 Å².